The number of benzene rings is 1. The zero-order chi connectivity index (χ0) is 16.9. The zero-order valence-corrected chi connectivity index (χ0v) is 17.3. The second-order valence-corrected chi connectivity index (χ2v) is 7.00. The molecule has 0 saturated heterocycles. The minimum atomic E-state index is -0.229. The number of guanidine groups is 1. The molecule has 0 aliphatic heterocycles. The van der Waals surface area contributed by atoms with Crippen molar-refractivity contribution >= 4 is 35.8 Å². The molecule has 2 unspecified atom stereocenters. The Morgan fingerprint density at radius 1 is 1.25 bits per heavy atom. The first-order valence-electron chi connectivity index (χ1n) is 8.30. The van der Waals surface area contributed by atoms with Crippen LogP contribution in [-0.4, -0.2) is 36.5 Å². The van der Waals surface area contributed by atoms with Crippen LogP contribution in [0.2, 0.25) is 0 Å². The summed E-state index contributed by atoms with van der Waals surface area (Å²) in [5.41, 5.74) is 1.12. The van der Waals surface area contributed by atoms with E-state index in [4.69, 9.17) is 0 Å². The van der Waals surface area contributed by atoms with Crippen molar-refractivity contribution in [3.8, 4) is 0 Å². The maximum absolute atomic E-state index is 11.9. The maximum Gasteiger partial charge on any atom is 0.242 e. The van der Waals surface area contributed by atoms with Gasteiger partial charge in [-0.05, 0) is 39.7 Å². The molecule has 3 N–H and O–H groups in total. The van der Waals surface area contributed by atoms with Crippen LogP contribution in [0, 0.1) is 0 Å². The normalized spacial score (nSPS) is 19.9. The number of amides is 1. The molecule has 0 radical (unpaired) electrons. The van der Waals surface area contributed by atoms with E-state index in [0.717, 1.165) is 13.0 Å². The fourth-order valence-electron chi connectivity index (χ4n) is 2.53. The first-order valence-corrected chi connectivity index (χ1v) is 8.30. The largest absolute Gasteiger partial charge is 0.357 e. The SMILES string of the molecule is CCNC(=NCC(=O)NC(C)(C)C)NC1CC1c1ccccc1.I. The molecule has 0 aromatic heterocycles. The van der Waals surface area contributed by atoms with Crippen LogP contribution in [0.4, 0.5) is 0 Å². The van der Waals surface area contributed by atoms with E-state index >= 15 is 0 Å². The highest BCUT2D eigenvalue weighted by atomic mass is 127. The molecule has 0 heterocycles. The topological polar surface area (TPSA) is 65.5 Å². The van der Waals surface area contributed by atoms with Crippen molar-refractivity contribution in [2.45, 2.75) is 51.6 Å². The Morgan fingerprint density at radius 2 is 1.92 bits per heavy atom. The third kappa shape index (κ3) is 7.07. The fraction of sp³-hybridized carbons (Fsp3) is 0.556. The van der Waals surface area contributed by atoms with E-state index in [2.05, 4.69) is 45.2 Å². The van der Waals surface area contributed by atoms with E-state index in [1.165, 1.54) is 5.56 Å². The van der Waals surface area contributed by atoms with E-state index in [9.17, 15) is 4.79 Å². The number of carbonyl (C=O) groups is 1. The van der Waals surface area contributed by atoms with E-state index < -0.39 is 0 Å². The summed E-state index contributed by atoms with van der Waals surface area (Å²) in [4.78, 5) is 16.3. The Balaban J connectivity index is 0.00000288. The zero-order valence-electron chi connectivity index (χ0n) is 14.9. The first kappa shape index (κ1) is 20.7. The average molecular weight is 444 g/mol. The van der Waals surface area contributed by atoms with E-state index in [1.807, 2.05) is 33.8 Å². The summed E-state index contributed by atoms with van der Waals surface area (Å²) in [7, 11) is 0. The van der Waals surface area contributed by atoms with Gasteiger partial charge >= 0.3 is 0 Å². The third-order valence-corrected chi connectivity index (χ3v) is 3.58. The highest BCUT2D eigenvalue weighted by molar-refractivity contribution is 14.0. The van der Waals surface area contributed by atoms with Crippen molar-refractivity contribution in [3.63, 3.8) is 0 Å². The van der Waals surface area contributed by atoms with Crippen LogP contribution in [0.1, 0.15) is 45.6 Å². The van der Waals surface area contributed by atoms with Crippen molar-refractivity contribution in [2.24, 2.45) is 4.99 Å². The summed E-state index contributed by atoms with van der Waals surface area (Å²) in [6, 6.07) is 10.9. The molecule has 134 valence electrons. The summed E-state index contributed by atoms with van der Waals surface area (Å²) in [6.45, 7) is 8.82. The van der Waals surface area contributed by atoms with Crippen LogP contribution in [0.25, 0.3) is 0 Å². The van der Waals surface area contributed by atoms with E-state index in [-0.39, 0.29) is 42.0 Å². The molecule has 0 bridgehead atoms. The Morgan fingerprint density at radius 3 is 2.50 bits per heavy atom. The fourth-order valence-corrected chi connectivity index (χ4v) is 2.53. The molecule has 1 aliphatic carbocycles. The lowest BCUT2D eigenvalue weighted by atomic mass is 10.1. The van der Waals surface area contributed by atoms with Gasteiger partial charge in [-0.1, -0.05) is 30.3 Å². The van der Waals surface area contributed by atoms with Gasteiger partial charge in [-0.25, -0.2) is 4.99 Å². The van der Waals surface area contributed by atoms with Gasteiger partial charge in [0.2, 0.25) is 5.91 Å². The van der Waals surface area contributed by atoms with Gasteiger partial charge < -0.3 is 16.0 Å². The Kier molecular flexibility index (Phi) is 7.99. The maximum atomic E-state index is 11.9. The molecule has 2 rings (SSSR count). The average Bonchev–Trinajstić information content (AvgIpc) is 3.23. The van der Waals surface area contributed by atoms with Gasteiger partial charge in [-0.15, -0.1) is 24.0 Å². The number of nitrogens with one attached hydrogen (secondary N) is 3. The van der Waals surface area contributed by atoms with Gasteiger partial charge in [0.05, 0.1) is 0 Å². The predicted octanol–water partition coefficient (Wildman–Crippen LogP) is 2.63. The molecule has 24 heavy (non-hydrogen) atoms. The molecule has 0 spiro atoms. The summed E-state index contributed by atoms with van der Waals surface area (Å²) in [5.74, 6) is 1.17. The van der Waals surface area contributed by atoms with Crippen LogP contribution in [-0.2, 0) is 4.79 Å². The first-order chi connectivity index (χ1) is 10.9. The molecule has 2 atom stereocenters. The summed E-state index contributed by atoms with van der Waals surface area (Å²) in [6.07, 6.45) is 1.10. The van der Waals surface area contributed by atoms with Crippen LogP contribution in [0.15, 0.2) is 35.3 Å². The van der Waals surface area contributed by atoms with Gasteiger partial charge in [0.25, 0.3) is 0 Å². The highest BCUT2D eigenvalue weighted by Gasteiger charge is 2.38. The Labute approximate surface area is 162 Å². The highest BCUT2D eigenvalue weighted by Crippen LogP contribution is 2.40. The quantitative estimate of drug-likeness (QED) is 0.372. The van der Waals surface area contributed by atoms with Crippen LogP contribution < -0.4 is 16.0 Å². The molecule has 1 aliphatic rings. The number of halogens is 1. The summed E-state index contributed by atoms with van der Waals surface area (Å²) in [5, 5.41) is 9.54. The van der Waals surface area contributed by atoms with Crippen LogP contribution in [0.3, 0.4) is 0 Å². The van der Waals surface area contributed by atoms with Crippen molar-refractivity contribution in [1.29, 1.82) is 0 Å². The molecule has 1 saturated carbocycles. The standard InChI is InChI=1S/C18H28N4O.HI/c1-5-19-17(20-12-16(23)22-18(2,3)4)21-15-11-14(15)13-9-7-6-8-10-13;/h6-10,14-15H,5,11-12H2,1-4H3,(H,22,23)(H2,19,20,21);1H. The number of hydrogen-bond donors (Lipinski definition) is 3. The molecule has 1 aromatic rings. The minimum Gasteiger partial charge on any atom is -0.357 e. The monoisotopic (exact) mass is 444 g/mol. The molecule has 1 aromatic carbocycles. The number of rotatable bonds is 5. The lowest BCUT2D eigenvalue weighted by Crippen LogP contribution is -2.43. The van der Waals surface area contributed by atoms with E-state index in [0.29, 0.717) is 17.9 Å². The molecular formula is C18H29IN4O. The van der Waals surface area contributed by atoms with Crippen LogP contribution in [0.5, 0.6) is 0 Å². The van der Waals surface area contributed by atoms with Gasteiger partial charge in [-0.2, -0.15) is 0 Å². The summed E-state index contributed by atoms with van der Waals surface area (Å²) >= 11 is 0. The molecule has 6 heteroatoms. The molecule has 5 nitrogen and oxygen atoms in total. The van der Waals surface area contributed by atoms with Crippen molar-refractivity contribution in [3.05, 3.63) is 35.9 Å². The smallest absolute Gasteiger partial charge is 0.242 e. The third-order valence-electron chi connectivity index (χ3n) is 3.58. The number of hydrogen-bond acceptors (Lipinski definition) is 2. The van der Waals surface area contributed by atoms with Gasteiger partial charge in [-0.3, -0.25) is 4.79 Å². The second kappa shape index (κ2) is 9.25. The van der Waals surface area contributed by atoms with Gasteiger partial charge in [0.15, 0.2) is 5.96 Å². The van der Waals surface area contributed by atoms with Crippen molar-refractivity contribution in [2.75, 3.05) is 13.1 Å². The predicted molar refractivity (Wildman–Crippen MR) is 110 cm³/mol. The van der Waals surface area contributed by atoms with Gasteiger partial charge in [0, 0.05) is 24.0 Å². The number of nitrogens with zero attached hydrogens (tertiary/aromatic N) is 1. The molecule has 1 fully saturated rings. The number of aliphatic imine (C=N–C) groups is 1. The van der Waals surface area contributed by atoms with Gasteiger partial charge in [0.1, 0.15) is 6.54 Å². The van der Waals surface area contributed by atoms with Crippen LogP contribution >= 0.6 is 24.0 Å². The van der Waals surface area contributed by atoms with E-state index in [1.54, 1.807) is 0 Å². The lowest BCUT2D eigenvalue weighted by Gasteiger charge is -2.20. The Hall–Kier alpha value is -1.31. The lowest BCUT2D eigenvalue weighted by molar-refractivity contribution is -0.121. The number of carbonyl (C=O) groups excluding carboxylic acids is 1. The molecular weight excluding hydrogens is 415 g/mol. The Bertz CT molecular complexity index is 554. The van der Waals surface area contributed by atoms with Crippen molar-refractivity contribution < 1.29 is 4.79 Å². The van der Waals surface area contributed by atoms with Crippen molar-refractivity contribution in [1.82, 2.24) is 16.0 Å². The molecule has 1 amide bonds. The second-order valence-electron chi connectivity index (χ2n) is 7.00. The minimum absolute atomic E-state index is 0. The summed E-state index contributed by atoms with van der Waals surface area (Å²) < 4.78 is 0.